The number of amides is 1. The lowest BCUT2D eigenvalue weighted by atomic mass is 9.89. The number of nitrogens with zero attached hydrogens (tertiary/aromatic N) is 1. The van der Waals surface area contributed by atoms with Gasteiger partial charge in [-0.25, -0.2) is 0 Å². The van der Waals surface area contributed by atoms with Crippen LogP contribution in [0.25, 0.3) is 0 Å². The Morgan fingerprint density at radius 2 is 2.00 bits per heavy atom. The van der Waals surface area contributed by atoms with Crippen molar-refractivity contribution in [3.63, 3.8) is 0 Å². The molecule has 0 aromatic carbocycles. The van der Waals surface area contributed by atoms with Crippen LogP contribution in [0.1, 0.15) is 32.1 Å². The molecule has 1 atom stereocenters. The van der Waals surface area contributed by atoms with Gasteiger partial charge in [0.05, 0.1) is 12.5 Å². The van der Waals surface area contributed by atoms with Crippen molar-refractivity contribution in [2.24, 2.45) is 5.92 Å². The van der Waals surface area contributed by atoms with Gasteiger partial charge in [0.2, 0.25) is 5.91 Å². The fourth-order valence-corrected chi connectivity index (χ4v) is 2.40. The Hall–Kier alpha value is -1.10. The van der Waals surface area contributed by atoms with E-state index in [-0.39, 0.29) is 24.4 Å². The van der Waals surface area contributed by atoms with Crippen molar-refractivity contribution in [1.29, 1.82) is 0 Å². The summed E-state index contributed by atoms with van der Waals surface area (Å²) in [5.74, 6) is -1.09. The highest BCUT2D eigenvalue weighted by Crippen LogP contribution is 2.27. The average Bonchev–Trinajstić information content (AvgIpc) is 2.25. The Bertz CT molecular complexity index is 295. The third kappa shape index (κ3) is 2.97. The molecule has 5 heteroatoms. The van der Waals surface area contributed by atoms with Crippen molar-refractivity contribution in [2.75, 3.05) is 19.8 Å². The minimum Gasteiger partial charge on any atom is -0.480 e. The van der Waals surface area contributed by atoms with Gasteiger partial charge < -0.3 is 14.7 Å². The van der Waals surface area contributed by atoms with Gasteiger partial charge in [-0.05, 0) is 32.1 Å². The number of carboxylic acid groups (broad SMARTS) is 1. The van der Waals surface area contributed by atoms with Crippen molar-refractivity contribution < 1.29 is 19.4 Å². The smallest absolute Gasteiger partial charge is 0.323 e. The van der Waals surface area contributed by atoms with Crippen LogP contribution in [-0.4, -0.2) is 47.7 Å². The van der Waals surface area contributed by atoms with Crippen molar-refractivity contribution in [1.82, 2.24) is 4.90 Å². The van der Waals surface area contributed by atoms with E-state index in [4.69, 9.17) is 9.84 Å². The number of carboxylic acids is 1. The van der Waals surface area contributed by atoms with Crippen LogP contribution in [0.15, 0.2) is 0 Å². The molecule has 2 rings (SSSR count). The van der Waals surface area contributed by atoms with Gasteiger partial charge in [0, 0.05) is 12.6 Å². The largest absolute Gasteiger partial charge is 0.480 e. The monoisotopic (exact) mass is 241 g/mol. The molecule has 1 heterocycles. The summed E-state index contributed by atoms with van der Waals surface area (Å²) in [5, 5.41) is 8.87. The molecule has 0 radical (unpaired) electrons. The van der Waals surface area contributed by atoms with Gasteiger partial charge in [-0.15, -0.1) is 0 Å². The van der Waals surface area contributed by atoms with Crippen molar-refractivity contribution in [2.45, 2.75) is 38.1 Å². The predicted octanol–water partition coefficient (Wildman–Crippen LogP) is 0.879. The van der Waals surface area contributed by atoms with E-state index in [1.54, 1.807) is 4.90 Å². The number of aliphatic carboxylic acids is 1. The van der Waals surface area contributed by atoms with Gasteiger partial charge in [-0.1, -0.05) is 0 Å². The second kappa shape index (κ2) is 5.49. The molecule has 5 nitrogen and oxygen atoms in total. The zero-order valence-electron chi connectivity index (χ0n) is 9.93. The summed E-state index contributed by atoms with van der Waals surface area (Å²) >= 11 is 0. The maximum atomic E-state index is 12.3. The maximum Gasteiger partial charge on any atom is 0.323 e. The van der Waals surface area contributed by atoms with Crippen LogP contribution in [0.4, 0.5) is 0 Å². The fourth-order valence-electron chi connectivity index (χ4n) is 2.40. The van der Waals surface area contributed by atoms with Gasteiger partial charge in [-0.3, -0.25) is 9.59 Å². The highest BCUT2D eigenvalue weighted by Gasteiger charge is 2.34. The average molecular weight is 241 g/mol. The lowest BCUT2D eigenvalue weighted by molar-refractivity contribution is -0.152. The molecule has 1 unspecified atom stereocenters. The lowest BCUT2D eigenvalue weighted by Gasteiger charge is -2.39. The van der Waals surface area contributed by atoms with Crippen LogP contribution < -0.4 is 0 Å². The first-order chi connectivity index (χ1) is 8.18. The molecule has 0 spiro atoms. The molecule has 2 aliphatic rings. The number of hydrogen-bond donors (Lipinski definition) is 1. The first-order valence-corrected chi connectivity index (χ1v) is 6.28. The number of carbonyl (C=O) groups excluding carboxylic acids is 1. The topological polar surface area (TPSA) is 66.8 Å². The van der Waals surface area contributed by atoms with Crippen molar-refractivity contribution in [3.8, 4) is 0 Å². The number of hydrogen-bond acceptors (Lipinski definition) is 3. The summed E-state index contributed by atoms with van der Waals surface area (Å²) in [7, 11) is 0. The first kappa shape index (κ1) is 12.4. The number of rotatable bonds is 4. The Labute approximate surface area is 101 Å². The fraction of sp³-hybridized carbons (Fsp3) is 0.833. The van der Waals surface area contributed by atoms with Gasteiger partial charge in [0.1, 0.15) is 6.54 Å². The van der Waals surface area contributed by atoms with Gasteiger partial charge >= 0.3 is 5.97 Å². The molecule has 0 aromatic heterocycles. The lowest BCUT2D eigenvalue weighted by Crippen LogP contribution is -2.50. The van der Waals surface area contributed by atoms with Crippen LogP contribution >= 0.6 is 0 Å². The van der Waals surface area contributed by atoms with Crippen LogP contribution in [0.3, 0.4) is 0 Å². The summed E-state index contributed by atoms with van der Waals surface area (Å²) in [4.78, 5) is 24.6. The van der Waals surface area contributed by atoms with E-state index in [0.717, 1.165) is 32.1 Å². The summed E-state index contributed by atoms with van der Waals surface area (Å²) in [5.41, 5.74) is 0. The molecule has 1 N–H and O–H groups in total. The van der Waals surface area contributed by atoms with Crippen LogP contribution in [0.5, 0.6) is 0 Å². The normalized spacial score (nSPS) is 25.1. The van der Waals surface area contributed by atoms with E-state index in [0.29, 0.717) is 13.2 Å². The minimum atomic E-state index is -0.929. The van der Waals surface area contributed by atoms with E-state index in [9.17, 15) is 9.59 Å². The van der Waals surface area contributed by atoms with E-state index >= 15 is 0 Å². The molecular weight excluding hydrogens is 222 g/mol. The molecule has 2 fully saturated rings. The van der Waals surface area contributed by atoms with E-state index < -0.39 is 5.97 Å². The summed E-state index contributed by atoms with van der Waals surface area (Å²) < 4.78 is 5.29. The Morgan fingerprint density at radius 3 is 2.47 bits per heavy atom. The van der Waals surface area contributed by atoms with Gasteiger partial charge in [0.15, 0.2) is 0 Å². The second-order valence-corrected chi connectivity index (χ2v) is 4.86. The standard InChI is InChI=1S/C12H19NO4/c14-11(15)7-13(10-4-1-5-10)12(16)9-3-2-6-17-8-9/h9-10H,1-8H2,(H,14,15). The molecule has 1 saturated heterocycles. The predicted molar refractivity (Wildman–Crippen MR) is 60.5 cm³/mol. The first-order valence-electron chi connectivity index (χ1n) is 6.28. The molecule has 96 valence electrons. The second-order valence-electron chi connectivity index (χ2n) is 4.86. The number of carbonyl (C=O) groups is 2. The van der Waals surface area contributed by atoms with E-state index in [1.807, 2.05) is 0 Å². The van der Waals surface area contributed by atoms with Crippen LogP contribution in [0, 0.1) is 5.92 Å². The third-order valence-corrected chi connectivity index (χ3v) is 3.61. The Balaban J connectivity index is 1.97. The Kier molecular flexibility index (Phi) is 3.99. The number of ether oxygens (including phenoxy) is 1. The molecule has 0 aromatic rings. The Morgan fingerprint density at radius 1 is 1.24 bits per heavy atom. The quantitative estimate of drug-likeness (QED) is 0.793. The molecule has 1 aliphatic heterocycles. The molecule has 0 bridgehead atoms. The summed E-state index contributed by atoms with van der Waals surface area (Å²) in [6.07, 6.45) is 4.68. The highest BCUT2D eigenvalue weighted by molar-refractivity contribution is 5.83. The van der Waals surface area contributed by atoms with Crippen LogP contribution in [-0.2, 0) is 14.3 Å². The maximum absolute atomic E-state index is 12.3. The van der Waals surface area contributed by atoms with E-state index in [1.165, 1.54) is 0 Å². The molecular formula is C12H19NO4. The van der Waals surface area contributed by atoms with E-state index in [2.05, 4.69) is 0 Å². The van der Waals surface area contributed by atoms with Gasteiger partial charge in [0.25, 0.3) is 0 Å². The molecule has 1 aliphatic carbocycles. The molecule has 1 saturated carbocycles. The summed E-state index contributed by atoms with van der Waals surface area (Å²) in [6.45, 7) is 0.994. The zero-order valence-corrected chi connectivity index (χ0v) is 9.93. The molecule has 17 heavy (non-hydrogen) atoms. The third-order valence-electron chi connectivity index (χ3n) is 3.61. The van der Waals surface area contributed by atoms with Crippen molar-refractivity contribution >= 4 is 11.9 Å². The SMILES string of the molecule is O=C(O)CN(C(=O)C1CCCOC1)C1CCC1. The van der Waals surface area contributed by atoms with Gasteiger partial charge in [-0.2, -0.15) is 0 Å². The summed E-state index contributed by atoms with van der Waals surface area (Å²) in [6, 6.07) is 0.139. The molecule has 1 amide bonds. The minimum absolute atomic E-state index is 0.0307. The highest BCUT2D eigenvalue weighted by atomic mass is 16.5. The van der Waals surface area contributed by atoms with Crippen LogP contribution in [0.2, 0.25) is 0 Å². The van der Waals surface area contributed by atoms with Crippen molar-refractivity contribution in [3.05, 3.63) is 0 Å². The zero-order chi connectivity index (χ0) is 12.3.